The molecule has 1 amide bonds. The molecule has 0 fully saturated rings. The maximum atomic E-state index is 14.1. The van der Waals surface area contributed by atoms with E-state index in [2.05, 4.69) is 17.4 Å². The number of amides is 1. The van der Waals surface area contributed by atoms with Crippen LogP contribution in [0.4, 0.5) is 9.39 Å². The number of esters is 1. The van der Waals surface area contributed by atoms with Gasteiger partial charge < -0.3 is 10.1 Å². The fourth-order valence-electron chi connectivity index (χ4n) is 3.75. The maximum absolute atomic E-state index is 14.1. The van der Waals surface area contributed by atoms with Gasteiger partial charge in [0.2, 0.25) is 0 Å². The van der Waals surface area contributed by atoms with E-state index in [4.69, 9.17) is 16.3 Å². The largest absolute Gasteiger partial charge is 0.465 e. The van der Waals surface area contributed by atoms with E-state index < -0.39 is 17.7 Å². The van der Waals surface area contributed by atoms with E-state index in [9.17, 15) is 14.0 Å². The molecule has 0 bridgehead atoms. The molecule has 0 atom stereocenters. The Morgan fingerprint density at radius 2 is 1.87 bits per heavy atom. The molecule has 1 aliphatic carbocycles. The van der Waals surface area contributed by atoms with Crippen LogP contribution >= 0.6 is 22.9 Å². The zero-order valence-electron chi connectivity index (χ0n) is 16.3. The van der Waals surface area contributed by atoms with Crippen LogP contribution in [-0.4, -0.2) is 19.0 Å². The summed E-state index contributed by atoms with van der Waals surface area (Å²) < 4.78 is 19.1. The van der Waals surface area contributed by atoms with Crippen LogP contribution in [0.2, 0.25) is 5.02 Å². The Morgan fingerprint density at radius 3 is 2.60 bits per heavy atom. The highest BCUT2D eigenvalue weighted by Gasteiger charge is 2.25. The molecular formula is C23H19ClFNO3S. The summed E-state index contributed by atoms with van der Waals surface area (Å²) in [7, 11) is 1.29. The van der Waals surface area contributed by atoms with Gasteiger partial charge in [-0.3, -0.25) is 4.79 Å². The monoisotopic (exact) mass is 443 g/mol. The molecule has 0 aliphatic heterocycles. The average Bonchev–Trinajstić information content (AvgIpc) is 3.16. The fraction of sp³-hybridized carbons (Fsp3) is 0.217. The average molecular weight is 444 g/mol. The molecule has 1 heterocycles. The van der Waals surface area contributed by atoms with Crippen LogP contribution in [-0.2, 0) is 17.6 Å². The van der Waals surface area contributed by atoms with Gasteiger partial charge in [0.15, 0.2) is 0 Å². The summed E-state index contributed by atoms with van der Waals surface area (Å²) in [6.45, 7) is 0. The van der Waals surface area contributed by atoms with Crippen molar-refractivity contribution in [2.45, 2.75) is 25.7 Å². The molecule has 2 aromatic carbocycles. The highest BCUT2D eigenvalue weighted by atomic mass is 35.5. The summed E-state index contributed by atoms with van der Waals surface area (Å²) in [5.74, 6) is -2.02. The number of benzene rings is 2. The number of rotatable bonds is 4. The second-order valence-electron chi connectivity index (χ2n) is 7.09. The van der Waals surface area contributed by atoms with Gasteiger partial charge in [-0.15, -0.1) is 11.3 Å². The van der Waals surface area contributed by atoms with Gasteiger partial charge >= 0.3 is 5.97 Å². The van der Waals surface area contributed by atoms with Crippen LogP contribution in [0.1, 0.15) is 44.7 Å². The number of carbonyl (C=O) groups excluding carboxylic acids is 2. The number of thiophene rings is 1. The summed E-state index contributed by atoms with van der Waals surface area (Å²) in [6.07, 6.45) is 4.41. The van der Waals surface area contributed by atoms with Crippen molar-refractivity contribution >= 4 is 39.8 Å². The first-order valence-electron chi connectivity index (χ1n) is 9.57. The zero-order chi connectivity index (χ0) is 21.3. The Hall–Kier alpha value is -2.70. The number of hydrogen-bond donors (Lipinski definition) is 1. The van der Waals surface area contributed by atoms with E-state index in [-0.39, 0.29) is 16.1 Å². The van der Waals surface area contributed by atoms with E-state index in [1.54, 1.807) is 5.38 Å². The third-order valence-corrected chi connectivity index (χ3v) is 6.47. The predicted molar refractivity (Wildman–Crippen MR) is 117 cm³/mol. The molecule has 30 heavy (non-hydrogen) atoms. The van der Waals surface area contributed by atoms with E-state index in [0.717, 1.165) is 30.9 Å². The lowest BCUT2D eigenvalue weighted by molar-refractivity contribution is 0.0603. The lowest BCUT2D eigenvalue weighted by Gasteiger charge is -2.16. The second kappa shape index (κ2) is 8.58. The first-order chi connectivity index (χ1) is 14.5. The summed E-state index contributed by atoms with van der Waals surface area (Å²) >= 11 is 7.19. The molecule has 4 rings (SSSR count). The molecule has 0 unspecified atom stereocenters. The first-order valence-corrected chi connectivity index (χ1v) is 10.8. The quantitative estimate of drug-likeness (QED) is 0.494. The molecular weight excluding hydrogens is 425 g/mol. The normalized spacial score (nSPS) is 12.9. The number of fused-ring (bicyclic) bond motifs is 1. The molecule has 1 N–H and O–H groups in total. The van der Waals surface area contributed by atoms with Gasteiger partial charge in [0.25, 0.3) is 5.91 Å². The maximum Gasteiger partial charge on any atom is 0.341 e. The fourth-order valence-corrected chi connectivity index (χ4v) is 4.95. The van der Waals surface area contributed by atoms with E-state index >= 15 is 0 Å². The van der Waals surface area contributed by atoms with Gasteiger partial charge in [-0.2, -0.15) is 0 Å². The van der Waals surface area contributed by atoms with E-state index in [0.29, 0.717) is 10.6 Å². The van der Waals surface area contributed by atoms with Crippen molar-refractivity contribution in [2.24, 2.45) is 0 Å². The van der Waals surface area contributed by atoms with Crippen molar-refractivity contribution in [1.82, 2.24) is 0 Å². The Bertz CT molecular complexity index is 1120. The third kappa shape index (κ3) is 3.85. The van der Waals surface area contributed by atoms with Gasteiger partial charge in [0.1, 0.15) is 16.4 Å². The van der Waals surface area contributed by atoms with Crippen molar-refractivity contribution in [3.63, 3.8) is 0 Å². The Kier molecular flexibility index (Phi) is 5.88. The minimum absolute atomic E-state index is 0.00131. The van der Waals surface area contributed by atoms with Gasteiger partial charge in [-0.25, -0.2) is 9.18 Å². The van der Waals surface area contributed by atoms with Gasteiger partial charge in [0, 0.05) is 10.9 Å². The molecule has 1 aromatic heterocycles. The lowest BCUT2D eigenvalue weighted by Crippen LogP contribution is -2.16. The summed E-state index contributed by atoms with van der Waals surface area (Å²) in [6, 6.07) is 10.2. The number of anilines is 1. The number of ether oxygens (including phenoxy) is 1. The summed E-state index contributed by atoms with van der Waals surface area (Å²) in [4.78, 5) is 25.2. The number of carbonyl (C=O) groups is 2. The van der Waals surface area contributed by atoms with E-state index in [1.807, 2.05) is 6.07 Å². The molecule has 0 saturated carbocycles. The summed E-state index contributed by atoms with van der Waals surface area (Å²) in [5.41, 5.74) is 4.16. The van der Waals surface area contributed by atoms with Crippen molar-refractivity contribution in [1.29, 1.82) is 0 Å². The van der Waals surface area contributed by atoms with Crippen molar-refractivity contribution in [3.05, 3.63) is 74.9 Å². The Morgan fingerprint density at radius 1 is 1.10 bits per heavy atom. The van der Waals surface area contributed by atoms with Crippen LogP contribution in [0.3, 0.4) is 0 Å². The first kappa shape index (κ1) is 20.6. The molecule has 0 saturated heterocycles. The van der Waals surface area contributed by atoms with E-state index in [1.165, 1.54) is 48.1 Å². The molecule has 4 nitrogen and oxygen atoms in total. The smallest absolute Gasteiger partial charge is 0.341 e. The van der Waals surface area contributed by atoms with Crippen LogP contribution < -0.4 is 5.32 Å². The number of methoxy groups -OCH3 is 1. The number of halogens is 2. The molecule has 0 radical (unpaired) electrons. The van der Waals surface area contributed by atoms with Crippen molar-refractivity contribution in [3.8, 4) is 11.1 Å². The third-order valence-electron chi connectivity index (χ3n) is 5.26. The van der Waals surface area contributed by atoms with Crippen LogP contribution in [0.25, 0.3) is 11.1 Å². The summed E-state index contributed by atoms with van der Waals surface area (Å²) in [5, 5.41) is 4.72. The number of aryl methyl sites for hydroxylation is 2. The number of nitrogens with one attached hydrogen (secondary N) is 1. The zero-order valence-corrected chi connectivity index (χ0v) is 17.8. The molecule has 0 spiro atoms. The van der Waals surface area contributed by atoms with Crippen molar-refractivity contribution in [2.75, 3.05) is 12.4 Å². The van der Waals surface area contributed by atoms with Gasteiger partial charge in [0.05, 0.1) is 17.7 Å². The molecule has 1 aliphatic rings. The van der Waals surface area contributed by atoms with Crippen LogP contribution in [0.15, 0.2) is 41.8 Å². The SMILES string of the molecule is COC(=O)c1c(-c2ccc3c(c2)CCCC3)csc1NC(=O)c1c(F)cccc1Cl. The topological polar surface area (TPSA) is 55.4 Å². The van der Waals surface area contributed by atoms with Crippen LogP contribution in [0, 0.1) is 5.82 Å². The lowest BCUT2D eigenvalue weighted by atomic mass is 9.89. The molecule has 7 heteroatoms. The number of hydrogen-bond acceptors (Lipinski definition) is 4. The Labute approximate surface area is 182 Å². The minimum Gasteiger partial charge on any atom is -0.465 e. The van der Waals surface area contributed by atoms with Crippen molar-refractivity contribution < 1.29 is 18.7 Å². The highest BCUT2D eigenvalue weighted by Crippen LogP contribution is 2.38. The molecule has 3 aromatic rings. The van der Waals surface area contributed by atoms with Gasteiger partial charge in [-0.05, 0) is 54.5 Å². The second-order valence-corrected chi connectivity index (χ2v) is 8.37. The van der Waals surface area contributed by atoms with Crippen LogP contribution in [0.5, 0.6) is 0 Å². The van der Waals surface area contributed by atoms with Gasteiger partial charge in [-0.1, -0.05) is 35.9 Å². The minimum atomic E-state index is -0.730. The Balaban J connectivity index is 1.73. The highest BCUT2D eigenvalue weighted by molar-refractivity contribution is 7.15. The molecule has 154 valence electrons. The predicted octanol–water partition coefficient (Wildman–Crippen LogP) is 6.13. The standard InChI is InChI=1S/C23H19ClFNO3S/c1-29-23(28)19-16(15-10-9-13-5-2-3-6-14(13)11-15)12-30-22(19)26-21(27)20-17(24)7-4-8-18(20)25/h4,7-12H,2-3,5-6H2,1H3,(H,26,27).